The second-order valence-corrected chi connectivity index (χ2v) is 9.96. The van der Waals surface area contributed by atoms with Crippen LogP contribution < -0.4 is 5.32 Å². The first kappa shape index (κ1) is 25.0. The summed E-state index contributed by atoms with van der Waals surface area (Å²) in [6.07, 6.45) is 6.65. The zero-order valence-electron chi connectivity index (χ0n) is 21.5. The number of hydrogen-bond acceptors (Lipinski definition) is 7. The summed E-state index contributed by atoms with van der Waals surface area (Å²) in [5.74, 6) is 0.527. The van der Waals surface area contributed by atoms with Crippen LogP contribution in [0.1, 0.15) is 65.6 Å². The van der Waals surface area contributed by atoms with Gasteiger partial charge < -0.3 is 15.0 Å². The third-order valence-electron chi connectivity index (χ3n) is 8.18. The molecule has 35 heavy (non-hydrogen) atoms. The summed E-state index contributed by atoms with van der Waals surface area (Å²) < 4.78 is 6.76. The average Bonchev–Trinajstić information content (AvgIpc) is 3.53. The molecule has 4 rings (SSSR count). The van der Waals surface area contributed by atoms with E-state index in [4.69, 9.17) is 4.74 Å². The highest BCUT2D eigenvalue weighted by Crippen LogP contribution is 2.46. The number of ether oxygens (including phenoxy) is 1. The van der Waals surface area contributed by atoms with Gasteiger partial charge in [0.1, 0.15) is 6.61 Å². The lowest BCUT2D eigenvalue weighted by atomic mass is 9.71. The number of nitrogens with zero attached hydrogens (tertiary/aromatic N) is 5. The Morgan fingerprint density at radius 2 is 1.94 bits per heavy atom. The van der Waals surface area contributed by atoms with E-state index < -0.39 is 0 Å². The number of hydrogen-bond donors (Lipinski definition) is 1. The Balaban J connectivity index is 1.34. The van der Waals surface area contributed by atoms with Gasteiger partial charge in [-0.2, -0.15) is 0 Å². The van der Waals surface area contributed by atoms with E-state index in [-0.39, 0.29) is 23.9 Å². The molecule has 1 aliphatic carbocycles. The van der Waals surface area contributed by atoms with Crippen molar-refractivity contribution in [3.63, 3.8) is 0 Å². The van der Waals surface area contributed by atoms with Crippen molar-refractivity contribution in [1.82, 2.24) is 30.4 Å². The third kappa shape index (κ3) is 4.61. The quantitative estimate of drug-likeness (QED) is 0.473. The van der Waals surface area contributed by atoms with Crippen LogP contribution in [0.5, 0.6) is 0 Å². The smallest absolute Gasteiger partial charge is 0.336 e. The fourth-order valence-corrected chi connectivity index (χ4v) is 5.49. The minimum absolute atomic E-state index is 0.170. The first-order valence-corrected chi connectivity index (χ1v) is 12.4. The van der Waals surface area contributed by atoms with Crippen molar-refractivity contribution in [1.29, 1.82) is 0 Å². The molecule has 1 saturated heterocycles. The molecule has 2 fully saturated rings. The number of carbonyl (C=O) groups excluding carboxylic acids is 2. The molecular weight excluding hydrogens is 444 g/mol. The van der Waals surface area contributed by atoms with Crippen LogP contribution >= 0.6 is 0 Å². The van der Waals surface area contributed by atoms with Crippen LogP contribution in [0.3, 0.4) is 0 Å². The molecule has 1 saturated carbocycles. The van der Waals surface area contributed by atoms with Crippen LogP contribution in [0.15, 0.2) is 40.6 Å². The number of cyclic esters (lactones) is 1. The van der Waals surface area contributed by atoms with Gasteiger partial charge in [0.05, 0.1) is 16.7 Å². The maximum atomic E-state index is 13.4. The number of tetrazole rings is 1. The standard InChI is InChI=1S/C26H36N6O3/c1-7-20(17(3)16(2)18(4)23-28-29-30-31(23)6)14-27-21-8-10-26(11-9-21)12-13-32(25(26)34)22-15-35-24(33)19(22)5/h7,21,27H,4,8-15H2,1-3,5-6H3/b17-16-,20-7-. The van der Waals surface area contributed by atoms with Gasteiger partial charge in [0.15, 0.2) is 5.82 Å². The molecule has 0 atom stereocenters. The second kappa shape index (κ2) is 9.89. The van der Waals surface area contributed by atoms with Gasteiger partial charge in [-0.15, -0.1) is 5.10 Å². The van der Waals surface area contributed by atoms with Crippen LogP contribution in [0.4, 0.5) is 0 Å². The highest BCUT2D eigenvalue weighted by atomic mass is 16.5. The number of allylic oxidation sites excluding steroid dienone is 3. The third-order valence-corrected chi connectivity index (χ3v) is 8.18. The second-order valence-electron chi connectivity index (χ2n) is 9.96. The van der Waals surface area contributed by atoms with Gasteiger partial charge in [-0.3, -0.25) is 4.79 Å². The molecule has 9 nitrogen and oxygen atoms in total. The van der Waals surface area contributed by atoms with E-state index in [0.717, 1.165) is 55.5 Å². The van der Waals surface area contributed by atoms with Gasteiger partial charge in [-0.1, -0.05) is 12.7 Å². The summed E-state index contributed by atoms with van der Waals surface area (Å²) in [6, 6.07) is 0.369. The van der Waals surface area contributed by atoms with E-state index in [1.807, 2.05) is 11.9 Å². The van der Waals surface area contributed by atoms with Crippen molar-refractivity contribution in [3.8, 4) is 0 Å². The molecule has 1 aromatic heterocycles. The fourth-order valence-electron chi connectivity index (χ4n) is 5.49. The van der Waals surface area contributed by atoms with Gasteiger partial charge in [-0.25, -0.2) is 9.48 Å². The molecule has 0 aromatic carbocycles. The molecule has 188 valence electrons. The molecular formula is C26H36N6O3. The Morgan fingerprint density at radius 1 is 1.23 bits per heavy atom. The van der Waals surface area contributed by atoms with Crippen LogP contribution in [0, 0.1) is 5.41 Å². The maximum absolute atomic E-state index is 13.4. The van der Waals surface area contributed by atoms with Gasteiger partial charge >= 0.3 is 5.97 Å². The Hall–Kier alpha value is -3.07. The summed E-state index contributed by atoms with van der Waals surface area (Å²) in [6.45, 7) is 13.8. The van der Waals surface area contributed by atoms with Crippen molar-refractivity contribution in [2.24, 2.45) is 12.5 Å². The molecule has 0 bridgehead atoms. The minimum Gasteiger partial charge on any atom is -0.456 e. The molecule has 0 unspecified atom stereocenters. The van der Waals surface area contributed by atoms with Crippen molar-refractivity contribution < 1.29 is 14.3 Å². The maximum Gasteiger partial charge on any atom is 0.336 e. The van der Waals surface area contributed by atoms with E-state index >= 15 is 0 Å². The largest absolute Gasteiger partial charge is 0.456 e. The summed E-state index contributed by atoms with van der Waals surface area (Å²) in [5, 5.41) is 15.4. The zero-order valence-corrected chi connectivity index (χ0v) is 21.5. The molecule has 3 heterocycles. The Kier molecular flexibility index (Phi) is 7.07. The lowest BCUT2D eigenvalue weighted by Crippen LogP contribution is -2.42. The number of amides is 1. The first-order valence-electron chi connectivity index (χ1n) is 12.4. The van der Waals surface area contributed by atoms with Crippen molar-refractivity contribution >= 4 is 17.4 Å². The number of carbonyl (C=O) groups is 2. The molecule has 1 N–H and O–H groups in total. The van der Waals surface area contributed by atoms with Gasteiger partial charge in [0, 0.05) is 31.8 Å². The Bertz CT molecular complexity index is 1130. The summed E-state index contributed by atoms with van der Waals surface area (Å²) >= 11 is 0. The summed E-state index contributed by atoms with van der Waals surface area (Å²) in [4.78, 5) is 26.9. The van der Waals surface area contributed by atoms with E-state index in [2.05, 4.69) is 54.3 Å². The Morgan fingerprint density at radius 3 is 2.51 bits per heavy atom. The van der Waals surface area contributed by atoms with Crippen molar-refractivity contribution in [3.05, 3.63) is 46.5 Å². The number of rotatable bonds is 7. The molecule has 3 aliphatic rings. The topological polar surface area (TPSA) is 102 Å². The Labute approximate surface area is 207 Å². The van der Waals surface area contributed by atoms with E-state index in [9.17, 15) is 9.59 Å². The lowest BCUT2D eigenvalue weighted by molar-refractivity contribution is -0.138. The number of nitrogens with one attached hydrogen (secondary N) is 1. The summed E-state index contributed by atoms with van der Waals surface area (Å²) in [7, 11) is 1.81. The average molecular weight is 481 g/mol. The number of esters is 1. The van der Waals surface area contributed by atoms with Crippen LogP contribution in [-0.4, -0.2) is 62.7 Å². The van der Waals surface area contributed by atoms with Crippen LogP contribution in [0.25, 0.3) is 5.57 Å². The SMILES string of the molecule is C=C(/C(C)=C(C)\C(=C/C)CNC1CCC2(CC1)CCN(C1=C(C)C(=O)OC1)C2=O)c1nnnn1C. The highest BCUT2D eigenvalue weighted by molar-refractivity contribution is 5.94. The monoisotopic (exact) mass is 480 g/mol. The fraction of sp³-hybridized carbons (Fsp3) is 0.577. The van der Waals surface area contributed by atoms with Gasteiger partial charge in [0.25, 0.3) is 0 Å². The highest BCUT2D eigenvalue weighted by Gasteiger charge is 2.50. The lowest BCUT2D eigenvalue weighted by Gasteiger charge is -2.36. The molecule has 1 spiro atoms. The van der Waals surface area contributed by atoms with E-state index in [0.29, 0.717) is 24.0 Å². The number of aryl methyl sites for hydroxylation is 1. The first-order chi connectivity index (χ1) is 16.7. The number of likely N-dealkylation sites (tertiary alicyclic amines) is 1. The van der Waals surface area contributed by atoms with Gasteiger partial charge in [-0.05, 0) is 86.9 Å². The normalized spacial score (nSPS) is 26.0. The van der Waals surface area contributed by atoms with Crippen LogP contribution in [0.2, 0.25) is 0 Å². The molecule has 9 heteroatoms. The number of aromatic nitrogens is 4. The molecule has 1 aromatic rings. The zero-order chi connectivity index (χ0) is 25.3. The minimum atomic E-state index is -0.308. The van der Waals surface area contributed by atoms with Crippen LogP contribution in [-0.2, 0) is 21.4 Å². The summed E-state index contributed by atoms with van der Waals surface area (Å²) in [5.41, 5.74) is 5.30. The van der Waals surface area contributed by atoms with E-state index in [1.165, 1.54) is 11.1 Å². The molecule has 2 aliphatic heterocycles. The predicted molar refractivity (Wildman–Crippen MR) is 133 cm³/mol. The predicted octanol–water partition coefficient (Wildman–Crippen LogP) is 3.09. The van der Waals surface area contributed by atoms with E-state index in [1.54, 1.807) is 11.6 Å². The van der Waals surface area contributed by atoms with Crippen molar-refractivity contribution in [2.45, 2.75) is 65.8 Å². The van der Waals surface area contributed by atoms with Crippen molar-refractivity contribution in [2.75, 3.05) is 19.7 Å². The molecule has 0 radical (unpaired) electrons. The molecule has 1 amide bonds. The van der Waals surface area contributed by atoms with Gasteiger partial charge in [0.2, 0.25) is 5.91 Å².